The third-order valence-electron chi connectivity index (χ3n) is 6.12. The van der Waals surface area contributed by atoms with Gasteiger partial charge < -0.3 is 25.3 Å². The third kappa shape index (κ3) is 7.09. The number of para-hydroxylation sites is 1. The number of primary amides is 1. The van der Waals surface area contributed by atoms with Gasteiger partial charge >= 0.3 is 5.97 Å². The predicted octanol–water partition coefficient (Wildman–Crippen LogP) is 4.27. The zero-order chi connectivity index (χ0) is 25.3. The van der Waals surface area contributed by atoms with Crippen molar-refractivity contribution in [3.05, 3.63) is 83.4 Å². The molecule has 3 N–H and O–H groups in total. The molecule has 0 aromatic heterocycles. The Morgan fingerprint density at radius 3 is 2.61 bits per heavy atom. The number of carbonyl (C=O) groups is 2. The molecule has 7 nitrogen and oxygen atoms in total. The highest BCUT2D eigenvalue weighted by molar-refractivity contribution is 5.78. The van der Waals surface area contributed by atoms with Crippen molar-refractivity contribution in [2.24, 2.45) is 5.73 Å². The number of esters is 1. The SMILES string of the molecule is COC(=O)Cc1ccccc1OCc1cc(NCC2CCCO2)cc(-c2cccc(CC(N)=O)c2)c1. The lowest BCUT2D eigenvalue weighted by Crippen LogP contribution is -2.18. The number of amides is 1. The number of rotatable bonds is 11. The van der Waals surface area contributed by atoms with Crippen molar-refractivity contribution in [2.45, 2.75) is 38.4 Å². The van der Waals surface area contributed by atoms with Gasteiger partial charge in [0.2, 0.25) is 5.91 Å². The average molecular weight is 489 g/mol. The van der Waals surface area contributed by atoms with Crippen molar-refractivity contribution < 1.29 is 23.8 Å². The molecule has 0 radical (unpaired) electrons. The van der Waals surface area contributed by atoms with Crippen LogP contribution in [0, 0.1) is 0 Å². The number of nitrogens with one attached hydrogen (secondary N) is 1. The summed E-state index contributed by atoms with van der Waals surface area (Å²) < 4.78 is 16.7. The molecular weight excluding hydrogens is 456 g/mol. The van der Waals surface area contributed by atoms with E-state index in [4.69, 9.17) is 19.9 Å². The molecule has 1 aliphatic rings. The topological polar surface area (TPSA) is 99.9 Å². The van der Waals surface area contributed by atoms with Gasteiger partial charge in [0.05, 0.1) is 26.1 Å². The Hall–Kier alpha value is -3.84. The predicted molar refractivity (Wildman–Crippen MR) is 139 cm³/mol. The van der Waals surface area contributed by atoms with Gasteiger partial charge in [-0.15, -0.1) is 0 Å². The van der Waals surface area contributed by atoms with E-state index in [0.717, 1.165) is 59.5 Å². The second-order valence-electron chi connectivity index (χ2n) is 8.93. The van der Waals surface area contributed by atoms with E-state index in [2.05, 4.69) is 23.5 Å². The average Bonchev–Trinajstić information content (AvgIpc) is 3.40. The van der Waals surface area contributed by atoms with Gasteiger partial charge in [-0.1, -0.05) is 42.5 Å². The second kappa shape index (κ2) is 12.2. The summed E-state index contributed by atoms with van der Waals surface area (Å²) in [4.78, 5) is 23.2. The summed E-state index contributed by atoms with van der Waals surface area (Å²) >= 11 is 0. The molecule has 7 heteroatoms. The lowest BCUT2D eigenvalue weighted by Gasteiger charge is -2.16. The minimum atomic E-state index is -0.362. The fourth-order valence-electron chi connectivity index (χ4n) is 4.32. The molecule has 4 rings (SSSR count). The summed E-state index contributed by atoms with van der Waals surface area (Å²) in [5.41, 5.74) is 11.0. The molecule has 0 aliphatic carbocycles. The number of benzene rings is 3. The van der Waals surface area contributed by atoms with Gasteiger partial charge in [-0.05, 0) is 59.4 Å². The Bertz CT molecular complexity index is 1200. The number of carbonyl (C=O) groups excluding carboxylic acids is 2. The van der Waals surface area contributed by atoms with Crippen LogP contribution in [0.1, 0.15) is 29.5 Å². The molecule has 36 heavy (non-hydrogen) atoms. The molecule has 0 bridgehead atoms. The summed E-state index contributed by atoms with van der Waals surface area (Å²) in [6, 6.07) is 21.5. The third-order valence-corrected chi connectivity index (χ3v) is 6.12. The normalized spacial score (nSPS) is 14.9. The van der Waals surface area contributed by atoms with Crippen molar-refractivity contribution in [3.8, 4) is 16.9 Å². The van der Waals surface area contributed by atoms with Gasteiger partial charge in [-0.3, -0.25) is 9.59 Å². The molecule has 1 unspecified atom stereocenters. The summed E-state index contributed by atoms with van der Waals surface area (Å²) in [6.07, 6.45) is 2.68. The van der Waals surface area contributed by atoms with E-state index >= 15 is 0 Å². The first-order valence-electron chi connectivity index (χ1n) is 12.1. The van der Waals surface area contributed by atoms with E-state index in [-0.39, 0.29) is 30.8 Å². The maximum atomic E-state index is 11.8. The maximum absolute atomic E-state index is 11.8. The first-order valence-corrected chi connectivity index (χ1v) is 12.1. The highest BCUT2D eigenvalue weighted by Crippen LogP contribution is 2.28. The van der Waals surface area contributed by atoms with E-state index in [1.54, 1.807) is 0 Å². The maximum Gasteiger partial charge on any atom is 0.310 e. The number of anilines is 1. The van der Waals surface area contributed by atoms with E-state index < -0.39 is 0 Å². The number of methoxy groups -OCH3 is 1. The summed E-state index contributed by atoms with van der Waals surface area (Å²) in [5, 5.41) is 3.51. The number of nitrogens with two attached hydrogens (primary N) is 1. The van der Waals surface area contributed by atoms with Gasteiger partial charge in [0, 0.05) is 24.4 Å². The van der Waals surface area contributed by atoms with Crippen LogP contribution in [0.3, 0.4) is 0 Å². The summed E-state index contributed by atoms with van der Waals surface area (Å²) in [5.74, 6) is -0.0334. The van der Waals surface area contributed by atoms with Crippen LogP contribution in [0.4, 0.5) is 5.69 Å². The van der Waals surface area contributed by atoms with Gasteiger partial charge in [0.25, 0.3) is 0 Å². The fraction of sp³-hybridized carbons (Fsp3) is 0.310. The zero-order valence-corrected chi connectivity index (χ0v) is 20.5. The molecule has 1 atom stereocenters. The summed E-state index contributed by atoms with van der Waals surface area (Å²) in [7, 11) is 1.38. The number of hydrogen-bond donors (Lipinski definition) is 2. The minimum absolute atomic E-state index is 0.146. The molecule has 0 spiro atoms. The molecule has 0 saturated carbocycles. The molecule has 3 aromatic carbocycles. The molecular formula is C29H32N2O5. The van der Waals surface area contributed by atoms with Crippen molar-refractivity contribution in [2.75, 3.05) is 25.6 Å². The van der Waals surface area contributed by atoms with Crippen LogP contribution in [0.25, 0.3) is 11.1 Å². The van der Waals surface area contributed by atoms with Crippen LogP contribution < -0.4 is 15.8 Å². The van der Waals surface area contributed by atoms with E-state index in [0.29, 0.717) is 12.4 Å². The first-order chi connectivity index (χ1) is 17.5. The first kappa shape index (κ1) is 25.3. The Kier molecular flexibility index (Phi) is 8.57. The van der Waals surface area contributed by atoms with Crippen LogP contribution in [0.2, 0.25) is 0 Å². The van der Waals surface area contributed by atoms with Crippen LogP contribution in [0.15, 0.2) is 66.7 Å². The molecule has 188 valence electrons. The van der Waals surface area contributed by atoms with Crippen LogP contribution in [-0.4, -0.2) is 38.2 Å². The Labute approximate surface area is 211 Å². The highest BCUT2D eigenvalue weighted by atomic mass is 16.5. The number of ether oxygens (including phenoxy) is 3. The largest absolute Gasteiger partial charge is 0.489 e. The van der Waals surface area contributed by atoms with Crippen molar-refractivity contribution in [1.82, 2.24) is 0 Å². The Balaban J connectivity index is 1.58. The standard InChI is InChI=1S/C29H32N2O5/c1-34-29(33)17-23-7-2-3-10-27(23)36-19-21-13-24(22-8-4-6-20(12-22)15-28(30)32)16-25(14-21)31-18-26-9-5-11-35-26/h2-4,6-8,10,12-14,16,26,31H,5,9,11,15,17-19H2,1H3,(H2,30,32). The van der Waals surface area contributed by atoms with Gasteiger partial charge in [-0.25, -0.2) is 0 Å². The van der Waals surface area contributed by atoms with Crippen molar-refractivity contribution >= 4 is 17.6 Å². The van der Waals surface area contributed by atoms with Gasteiger partial charge in [-0.2, -0.15) is 0 Å². The monoisotopic (exact) mass is 488 g/mol. The number of hydrogen-bond acceptors (Lipinski definition) is 6. The Morgan fingerprint density at radius 2 is 1.83 bits per heavy atom. The van der Waals surface area contributed by atoms with E-state index in [1.807, 2.05) is 48.5 Å². The van der Waals surface area contributed by atoms with Crippen LogP contribution in [-0.2, 0) is 38.5 Å². The lowest BCUT2D eigenvalue weighted by atomic mass is 9.99. The van der Waals surface area contributed by atoms with Gasteiger partial charge in [0.15, 0.2) is 0 Å². The smallest absolute Gasteiger partial charge is 0.310 e. The second-order valence-corrected chi connectivity index (χ2v) is 8.93. The van der Waals surface area contributed by atoms with E-state index in [1.165, 1.54) is 7.11 Å². The lowest BCUT2D eigenvalue weighted by molar-refractivity contribution is -0.139. The highest BCUT2D eigenvalue weighted by Gasteiger charge is 2.16. The quantitative estimate of drug-likeness (QED) is 0.391. The zero-order valence-electron chi connectivity index (χ0n) is 20.5. The minimum Gasteiger partial charge on any atom is -0.489 e. The molecule has 1 heterocycles. The molecule has 3 aromatic rings. The molecule has 1 fully saturated rings. The molecule has 1 saturated heterocycles. The summed E-state index contributed by atoms with van der Waals surface area (Å²) in [6.45, 7) is 1.86. The molecule has 1 aliphatic heterocycles. The van der Waals surface area contributed by atoms with Gasteiger partial charge in [0.1, 0.15) is 12.4 Å². The van der Waals surface area contributed by atoms with Crippen molar-refractivity contribution in [3.63, 3.8) is 0 Å². The van der Waals surface area contributed by atoms with E-state index in [9.17, 15) is 9.59 Å². The Morgan fingerprint density at radius 1 is 1.00 bits per heavy atom. The van der Waals surface area contributed by atoms with Crippen LogP contribution >= 0.6 is 0 Å². The fourth-order valence-corrected chi connectivity index (χ4v) is 4.32. The van der Waals surface area contributed by atoms with Crippen molar-refractivity contribution in [1.29, 1.82) is 0 Å². The molecule has 1 amide bonds. The van der Waals surface area contributed by atoms with Crippen LogP contribution in [0.5, 0.6) is 5.75 Å².